The summed E-state index contributed by atoms with van der Waals surface area (Å²) in [5.74, 6) is 0.275. The van der Waals surface area contributed by atoms with Crippen molar-refractivity contribution in [2.45, 2.75) is 58.5 Å². The SMILES string of the molecule is Cc1ccc(CC(=O)N(Cc2cccs2)C2CCCC2)c(C)c1. The Morgan fingerprint density at radius 2 is 2.00 bits per heavy atom. The van der Waals surface area contributed by atoms with Crippen LogP contribution in [0.15, 0.2) is 35.7 Å². The molecule has 0 radical (unpaired) electrons. The summed E-state index contributed by atoms with van der Waals surface area (Å²) >= 11 is 1.74. The average molecular weight is 327 g/mol. The first kappa shape index (κ1) is 16.3. The molecule has 1 aliphatic carbocycles. The lowest BCUT2D eigenvalue weighted by Gasteiger charge is -2.29. The number of aryl methyl sites for hydroxylation is 2. The number of rotatable bonds is 5. The van der Waals surface area contributed by atoms with Gasteiger partial charge in [-0.15, -0.1) is 11.3 Å². The van der Waals surface area contributed by atoms with Gasteiger partial charge < -0.3 is 4.90 Å². The van der Waals surface area contributed by atoms with E-state index in [-0.39, 0.29) is 5.91 Å². The molecule has 122 valence electrons. The fourth-order valence-electron chi connectivity index (χ4n) is 3.52. The predicted octanol–water partition coefficient (Wildman–Crippen LogP) is 4.88. The molecular weight excluding hydrogens is 302 g/mol. The number of benzene rings is 1. The Balaban J connectivity index is 1.76. The average Bonchev–Trinajstić information content (AvgIpc) is 3.20. The van der Waals surface area contributed by atoms with Gasteiger partial charge in [0, 0.05) is 10.9 Å². The van der Waals surface area contributed by atoms with Gasteiger partial charge in [0.05, 0.1) is 13.0 Å². The molecule has 1 aromatic carbocycles. The third kappa shape index (κ3) is 4.03. The monoisotopic (exact) mass is 327 g/mol. The highest BCUT2D eigenvalue weighted by Crippen LogP contribution is 2.27. The normalized spacial score (nSPS) is 15.0. The maximum Gasteiger partial charge on any atom is 0.227 e. The van der Waals surface area contributed by atoms with Crippen LogP contribution in [0.1, 0.15) is 47.3 Å². The molecule has 0 atom stereocenters. The van der Waals surface area contributed by atoms with Gasteiger partial charge >= 0.3 is 0 Å². The van der Waals surface area contributed by atoms with E-state index < -0.39 is 0 Å². The molecule has 1 fully saturated rings. The van der Waals surface area contributed by atoms with Crippen LogP contribution in [-0.2, 0) is 17.8 Å². The number of nitrogens with zero attached hydrogens (tertiary/aromatic N) is 1. The third-order valence-electron chi connectivity index (χ3n) is 4.83. The van der Waals surface area contributed by atoms with Crippen LogP contribution in [0.2, 0.25) is 0 Å². The van der Waals surface area contributed by atoms with Crippen molar-refractivity contribution in [3.05, 3.63) is 57.3 Å². The number of hydrogen-bond donors (Lipinski definition) is 0. The van der Waals surface area contributed by atoms with Gasteiger partial charge in [-0.3, -0.25) is 4.79 Å². The highest BCUT2D eigenvalue weighted by atomic mass is 32.1. The van der Waals surface area contributed by atoms with Crippen LogP contribution in [0.25, 0.3) is 0 Å². The zero-order valence-electron chi connectivity index (χ0n) is 14.0. The van der Waals surface area contributed by atoms with Crippen molar-refractivity contribution in [3.8, 4) is 0 Å². The van der Waals surface area contributed by atoms with E-state index in [4.69, 9.17) is 0 Å². The number of amides is 1. The topological polar surface area (TPSA) is 20.3 Å². The van der Waals surface area contributed by atoms with Crippen molar-refractivity contribution >= 4 is 17.2 Å². The largest absolute Gasteiger partial charge is 0.334 e. The summed E-state index contributed by atoms with van der Waals surface area (Å²) in [4.78, 5) is 16.4. The molecule has 0 N–H and O–H groups in total. The van der Waals surface area contributed by atoms with E-state index in [0.29, 0.717) is 12.5 Å². The van der Waals surface area contributed by atoms with Gasteiger partial charge in [-0.05, 0) is 49.3 Å². The zero-order chi connectivity index (χ0) is 16.2. The zero-order valence-corrected chi connectivity index (χ0v) is 14.9. The Morgan fingerprint density at radius 1 is 1.22 bits per heavy atom. The van der Waals surface area contributed by atoms with Crippen molar-refractivity contribution in [2.75, 3.05) is 0 Å². The van der Waals surface area contributed by atoms with E-state index in [1.807, 2.05) is 0 Å². The van der Waals surface area contributed by atoms with E-state index >= 15 is 0 Å². The molecule has 0 spiro atoms. The lowest BCUT2D eigenvalue weighted by molar-refractivity contribution is -0.133. The van der Waals surface area contributed by atoms with Crippen LogP contribution in [-0.4, -0.2) is 16.8 Å². The summed E-state index contributed by atoms with van der Waals surface area (Å²) in [5.41, 5.74) is 3.64. The standard InChI is InChI=1S/C20H25NOS/c1-15-9-10-17(16(2)12-15)13-20(22)21(18-6-3-4-7-18)14-19-8-5-11-23-19/h5,8-12,18H,3-4,6-7,13-14H2,1-2H3. The lowest BCUT2D eigenvalue weighted by Crippen LogP contribution is -2.39. The van der Waals surface area contributed by atoms with Crippen LogP contribution in [0.5, 0.6) is 0 Å². The minimum Gasteiger partial charge on any atom is -0.334 e. The molecular formula is C20H25NOS. The number of carbonyl (C=O) groups excluding carboxylic acids is 1. The fourth-order valence-corrected chi connectivity index (χ4v) is 4.22. The van der Waals surface area contributed by atoms with E-state index in [1.165, 1.54) is 28.8 Å². The van der Waals surface area contributed by atoms with Crippen molar-refractivity contribution in [1.82, 2.24) is 4.90 Å². The molecule has 2 nitrogen and oxygen atoms in total. The predicted molar refractivity (Wildman–Crippen MR) is 96.7 cm³/mol. The van der Waals surface area contributed by atoms with E-state index in [2.05, 4.69) is 54.5 Å². The Bertz CT molecular complexity index is 656. The molecule has 1 aromatic heterocycles. The van der Waals surface area contributed by atoms with Crippen LogP contribution >= 0.6 is 11.3 Å². The Labute approximate surface area is 143 Å². The second kappa shape index (κ2) is 7.31. The molecule has 2 aromatic rings. The van der Waals surface area contributed by atoms with Gasteiger partial charge in [0.25, 0.3) is 0 Å². The van der Waals surface area contributed by atoms with Crippen molar-refractivity contribution < 1.29 is 4.79 Å². The smallest absolute Gasteiger partial charge is 0.227 e. The molecule has 1 heterocycles. The van der Waals surface area contributed by atoms with Gasteiger partial charge in [-0.1, -0.05) is 42.7 Å². The minimum atomic E-state index is 0.275. The Morgan fingerprint density at radius 3 is 2.65 bits per heavy atom. The maximum atomic E-state index is 13.0. The summed E-state index contributed by atoms with van der Waals surface area (Å²) in [6.07, 6.45) is 5.34. The van der Waals surface area contributed by atoms with Gasteiger partial charge in [0.1, 0.15) is 0 Å². The van der Waals surface area contributed by atoms with Crippen molar-refractivity contribution in [3.63, 3.8) is 0 Å². The molecule has 3 heteroatoms. The highest BCUT2D eigenvalue weighted by Gasteiger charge is 2.27. The molecule has 3 rings (SSSR count). The maximum absolute atomic E-state index is 13.0. The summed E-state index contributed by atoms with van der Waals surface area (Å²) in [6, 6.07) is 11.0. The summed E-state index contributed by atoms with van der Waals surface area (Å²) < 4.78 is 0. The fraction of sp³-hybridized carbons (Fsp3) is 0.450. The summed E-state index contributed by atoms with van der Waals surface area (Å²) in [7, 11) is 0. The van der Waals surface area contributed by atoms with E-state index in [0.717, 1.165) is 24.9 Å². The number of carbonyl (C=O) groups is 1. The molecule has 1 saturated carbocycles. The van der Waals surface area contributed by atoms with E-state index in [9.17, 15) is 4.79 Å². The van der Waals surface area contributed by atoms with Crippen LogP contribution in [0.3, 0.4) is 0 Å². The van der Waals surface area contributed by atoms with Gasteiger partial charge in [0.2, 0.25) is 5.91 Å². The van der Waals surface area contributed by atoms with Gasteiger partial charge in [-0.2, -0.15) is 0 Å². The van der Waals surface area contributed by atoms with Gasteiger partial charge in [0.15, 0.2) is 0 Å². The van der Waals surface area contributed by atoms with Crippen molar-refractivity contribution in [1.29, 1.82) is 0 Å². The second-order valence-electron chi connectivity index (χ2n) is 6.65. The Hall–Kier alpha value is -1.61. The molecule has 0 aliphatic heterocycles. The quantitative estimate of drug-likeness (QED) is 0.766. The number of thiophene rings is 1. The summed E-state index contributed by atoms with van der Waals surface area (Å²) in [5, 5.41) is 2.09. The molecule has 0 bridgehead atoms. The van der Waals surface area contributed by atoms with Gasteiger partial charge in [-0.25, -0.2) is 0 Å². The van der Waals surface area contributed by atoms with Crippen molar-refractivity contribution in [2.24, 2.45) is 0 Å². The first-order valence-corrected chi connectivity index (χ1v) is 9.39. The first-order chi connectivity index (χ1) is 11.1. The highest BCUT2D eigenvalue weighted by molar-refractivity contribution is 7.09. The molecule has 0 unspecified atom stereocenters. The second-order valence-corrected chi connectivity index (χ2v) is 7.68. The third-order valence-corrected chi connectivity index (χ3v) is 5.69. The number of hydrogen-bond acceptors (Lipinski definition) is 2. The minimum absolute atomic E-state index is 0.275. The molecule has 1 amide bonds. The molecule has 23 heavy (non-hydrogen) atoms. The first-order valence-electron chi connectivity index (χ1n) is 8.51. The van der Waals surface area contributed by atoms with Crippen LogP contribution in [0, 0.1) is 13.8 Å². The molecule has 0 saturated heterocycles. The summed E-state index contributed by atoms with van der Waals surface area (Å²) in [6.45, 7) is 4.97. The molecule has 1 aliphatic rings. The van der Waals surface area contributed by atoms with Crippen LogP contribution < -0.4 is 0 Å². The van der Waals surface area contributed by atoms with E-state index in [1.54, 1.807) is 11.3 Å². The van der Waals surface area contributed by atoms with Crippen LogP contribution in [0.4, 0.5) is 0 Å². The Kier molecular flexibility index (Phi) is 5.16. The lowest BCUT2D eigenvalue weighted by atomic mass is 10.0.